The molecule has 1 aliphatic rings. The highest BCUT2D eigenvalue weighted by Crippen LogP contribution is 2.22. The number of aromatic nitrogens is 1. The molecule has 1 fully saturated rings. The van der Waals surface area contributed by atoms with Crippen molar-refractivity contribution >= 4 is 33.4 Å². The van der Waals surface area contributed by atoms with Crippen LogP contribution in [0, 0.1) is 0 Å². The number of carbonyl (C=O) groups excluding carboxylic acids is 2. The Morgan fingerprint density at radius 2 is 2.00 bits per heavy atom. The Hall–Kier alpha value is -2.97. The van der Waals surface area contributed by atoms with E-state index in [1.807, 2.05) is 24.3 Å². The fourth-order valence-electron chi connectivity index (χ4n) is 3.32. The molecule has 1 unspecified atom stereocenters. The molecule has 0 bridgehead atoms. The van der Waals surface area contributed by atoms with Gasteiger partial charge in [0.25, 0.3) is 5.91 Å². The quantitative estimate of drug-likeness (QED) is 0.514. The number of hydrogen-bond acceptors (Lipinski definition) is 7. The van der Waals surface area contributed by atoms with Crippen molar-refractivity contribution in [1.29, 1.82) is 0 Å². The summed E-state index contributed by atoms with van der Waals surface area (Å²) >= 11 is 1.61. The number of ether oxygens (including phenoxy) is 3. The lowest BCUT2D eigenvalue weighted by Gasteiger charge is -2.14. The first-order chi connectivity index (χ1) is 15.2. The molecule has 1 N–H and O–H groups in total. The minimum atomic E-state index is -0.593. The zero-order valence-electron chi connectivity index (χ0n) is 17.0. The zero-order chi connectivity index (χ0) is 21.5. The molecule has 0 saturated carbocycles. The maximum Gasteiger partial charge on any atom is 0.342 e. The highest BCUT2D eigenvalue weighted by molar-refractivity contribution is 7.18. The maximum absolute atomic E-state index is 12.4. The van der Waals surface area contributed by atoms with Gasteiger partial charge >= 0.3 is 5.97 Å². The zero-order valence-corrected chi connectivity index (χ0v) is 17.9. The van der Waals surface area contributed by atoms with Crippen LogP contribution in [0.25, 0.3) is 10.2 Å². The normalized spacial score (nSPS) is 15.7. The third-order valence-electron chi connectivity index (χ3n) is 4.89. The molecule has 0 radical (unpaired) electrons. The summed E-state index contributed by atoms with van der Waals surface area (Å²) in [5.41, 5.74) is 1.26. The summed E-state index contributed by atoms with van der Waals surface area (Å²) in [6.45, 7) is 1.21. The SMILES string of the molecule is O=C(COC(=O)c1ccccc1OCC1CCCO1)NCCc1nc2ccccc2s1. The molecule has 162 valence electrons. The van der Waals surface area contributed by atoms with Gasteiger partial charge in [-0.3, -0.25) is 4.79 Å². The number of benzene rings is 2. The summed E-state index contributed by atoms with van der Waals surface area (Å²) in [5, 5.41) is 3.72. The Morgan fingerprint density at radius 3 is 2.84 bits per heavy atom. The van der Waals surface area contributed by atoms with Gasteiger partial charge < -0.3 is 19.5 Å². The van der Waals surface area contributed by atoms with Crippen LogP contribution < -0.4 is 10.1 Å². The van der Waals surface area contributed by atoms with Crippen LogP contribution in [-0.2, 0) is 20.7 Å². The molecule has 0 spiro atoms. The van der Waals surface area contributed by atoms with Gasteiger partial charge in [0, 0.05) is 19.6 Å². The molecule has 3 aromatic rings. The van der Waals surface area contributed by atoms with E-state index < -0.39 is 5.97 Å². The van der Waals surface area contributed by atoms with Crippen molar-refractivity contribution in [2.24, 2.45) is 0 Å². The molecule has 8 heteroatoms. The monoisotopic (exact) mass is 440 g/mol. The van der Waals surface area contributed by atoms with Crippen molar-refractivity contribution in [3.63, 3.8) is 0 Å². The summed E-state index contributed by atoms with van der Waals surface area (Å²) in [4.78, 5) is 29.0. The summed E-state index contributed by atoms with van der Waals surface area (Å²) in [5.74, 6) is -0.518. The lowest BCUT2D eigenvalue weighted by molar-refractivity contribution is -0.124. The van der Waals surface area contributed by atoms with Crippen LogP contribution in [0.5, 0.6) is 5.75 Å². The van der Waals surface area contributed by atoms with Crippen LogP contribution in [-0.4, -0.2) is 49.3 Å². The topological polar surface area (TPSA) is 86.8 Å². The number of nitrogens with zero attached hydrogens (tertiary/aromatic N) is 1. The standard InChI is InChI=1S/C23H24N2O5S/c26-21(24-12-11-22-25-18-8-2-4-10-20(18)31-22)15-30-23(27)17-7-1-3-9-19(17)29-14-16-6-5-13-28-16/h1-4,7-10,16H,5-6,11-15H2,(H,24,26). The van der Waals surface area contributed by atoms with Crippen molar-refractivity contribution in [2.45, 2.75) is 25.4 Å². The predicted molar refractivity (Wildman–Crippen MR) is 118 cm³/mol. The Balaban J connectivity index is 1.22. The minimum absolute atomic E-state index is 0.0466. The van der Waals surface area contributed by atoms with Gasteiger partial charge in [-0.25, -0.2) is 9.78 Å². The molecule has 1 saturated heterocycles. The van der Waals surface area contributed by atoms with Crippen molar-refractivity contribution in [3.8, 4) is 5.75 Å². The van der Waals surface area contributed by atoms with E-state index in [0.717, 1.165) is 34.7 Å². The molecule has 0 aliphatic carbocycles. The number of esters is 1. The van der Waals surface area contributed by atoms with Crippen molar-refractivity contribution in [2.75, 3.05) is 26.4 Å². The third kappa shape index (κ3) is 5.80. The van der Waals surface area contributed by atoms with Gasteiger partial charge in [-0.1, -0.05) is 24.3 Å². The van der Waals surface area contributed by atoms with E-state index in [2.05, 4.69) is 10.3 Å². The van der Waals surface area contributed by atoms with Gasteiger partial charge in [0.2, 0.25) is 0 Å². The summed E-state index contributed by atoms with van der Waals surface area (Å²) in [6, 6.07) is 14.8. The molecule has 4 rings (SSSR count). The van der Waals surface area contributed by atoms with Crippen LogP contribution in [0.15, 0.2) is 48.5 Å². The maximum atomic E-state index is 12.4. The van der Waals surface area contributed by atoms with Crippen LogP contribution >= 0.6 is 11.3 Å². The second kappa shape index (κ2) is 10.4. The largest absolute Gasteiger partial charge is 0.490 e. The van der Waals surface area contributed by atoms with E-state index in [4.69, 9.17) is 14.2 Å². The number of para-hydroxylation sites is 2. The van der Waals surface area contributed by atoms with Crippen molar-refractivity contribution in [1.82, 2.24) is 10.3 Å². The average molecular weight is 441 g/mol. The molecule has 1 atom stereocenters. The predicted octanol–water partition coefficient (Wildman–Crippen LogP) is 3.37. The van der Waals surface area contributed by atoms with Gasteiger partial charge in [-0.05, 0) is 37.1 Å². The molecule has 1 aliphatic heterocycles. The summed E-state index contributed by atoms with van der Waals surface area (Å²) in [7, 11) is 0. The van der Waals surface area contributed by atoms with E-state index >= 15 is 0 Å². The van der Waals surface area contributed by atoms with Crippen LogP contribution in [0.2, 0.25) is 0 Å². The highest BCUT2D eigenvalue weighted by atomic mass is 32.1. The Morgan fingerprint density at radius 1 is 1.16 bits per heavy atom. The molecule has 1 aromatic heterocycles. The number of thiazole rings is 1. The fourth-order valence-corrected chi connectivity index (χ4v) is 4.28. The van der Waals surface area contributed by atoms with Gasteiger partial charge in [0.15, 0.2) is 6.61 Å². The number of amides is 1. The summed E-state index contributed by atoms with van der Waals surface area (Å²) < 4.78 is 17.6. The first-order valence-electron chi connectivity index (χ1n) is 10.3. The minimum Gasteiger partial charge on any atom is -0.490 e. The van der Waals surface area contributed by atoms with Gasteiger partial charge in [-0.2, -0.15) is 0 Å². The van der Waals surface area contributed by atoms with E-state index in [0.29, 0.717) is 30.9 Å². The second-order valence-corrected chi connectivity index (χ2v) is 8.31. The number of carbonyl (C=O) groups is 2. The third-order valence-corrected chi connectivity index (χ3v) is 5.99. The number of nitrogens with one attached hydrogen (secondary N) is 1. The van der Waals surface area contributed by atoms with Crippen LogP contribution in [0.4, 0.5) is 0 Å². The first-order valence-corrected chi connectivity index (χ1v) is 11.1. The number of rotatable bonds is 9. The first kappa shape index (κ1) is 21.3. The van der Waals surface area contributed by atoms with E-state index in [-0.39, 0.29) is 18.6 Å². The average Bonchev–Trinajstić information content (AvgIpc) is 3.45. The van der Waals surface area contributed by atoms with Gasteiger partial charge in [-0.15, -0.1) is 11.3 Å². The molecule has 31 heavy (non-hydrogen) atoms. The van der Waals surface area contributed by atoms with E-state index in [9.17, 15) is 9.59 Å². The van der Waals surface area contributed by atoms with Crippen molar-refractivity contribution in [3.05, 3.63) is 59.1 Å². The lowest BCUT2D eigenvalue weighted by Crippen LogP contribution is -2.30. The van der Waals surface area contributed by atoms with Crippen LogP contribution in [0.1, 0.15) is 28.2 Å². The molecular formula is C23H24N2O5S. The Labute approximate surface area is 184 Å². The second-order valence-electron chi connectivity index (χ2n) is 7.19. The molecule has 2 aromatic carbocycles. The molecule has 7 nitrogen and oxygen atoms in total. The van der Waals surface area contributed by atoms with Crippen LogP contribution in [0.3, 0.4) is 0 Å². The van der Waals surface area contributed by atoms with Crippen molar-refractivity contribution < 1.29 is 23.8 Å². The Bertz CT molecular complexity index is 1010. The number of hydrogen-bond donors (Lipinski definition) is 1. The summed E-state index contributed by atoms with van der Waals surface area (Å²) in [6.07, 6.45) is 2.64. The molecular weight excluding hydrogens is 416 g/mol. The van der Waals surface area contributed by atoms with Gasteiger partial charge in [0.1, 0.15) is 17.9 Å². The number of fused-ring (bicyclic) bond motifs is 1. The van der Waals surface area contributed by atoms with E-state index in [1.54, 1.807) is 35.6 Å². The Kier molecular flexibility index (Phi) is 7.11. The van der Waals surface area contributed by atoms with Gasteiger partial charge in [0.05, 0.1) is 21.3 Å². The lowest BCUT2D eigenvalue weighted by atomic mass is 10.2. The highest BCUT2D eigenvalue weighted by Gasteiger charge is 2.19. The smallest absolute Gasteiger partial charge is 0.342 e. The molecule has 2 heterocycles. The fraction of sp³-hybridized carbons (Fsp3) is 0.348. The molecule has 1 amide bonds. The van der Waals surface area contributed by atoms with E-state index in [1.165, 1.54) is 0 Å².